The predicted octanol–water partition coefficient (Wildman–Crippen LogP) is 7.02. The summed E-state index contributed by atoms with van der Waals surface area (Å²) >= 11 is 0. The fourth-order valence-electron chi connectivity index (χ4n) is 4.99. The van der Waals surface area contributed by atoms with Gasteiger partial charge < -0.3 is 19.7 Å². The van der Waals surface area contributed by atoms with Gasteiger partial charge >= 0.3 is 5.97 Å². The third-order valence-electron chi connectivity index (χ3n) is 7.26. The first-order chi connectivity index (χ1) is 21.4. The van der Waals surface area contributed by atoms with E-state index in [9.17, 15) is 14.4 Å². The van der Waals surface area contributed by atoms with Gasteiger partial charge in [0.05, 0.1) is 13.7 Å². The number of rotatable bonds is 15. The zero-order valence-corrected chi connectivity index (χ0v) is 25.6. The molecule has 0 fully saturated rings. The second-order valence-electron chi connectivity index (χ2n) is 10.6. The number of carbonyl (C=O) groups is 3. The van der Waals surface area contributed by atoms with Crippen LogP contribution in [0.3, 0.4) is 0 Å². The molecule has 0 saturated carbocycles. The number of ether oxygens (including phenoxy) is 2. The van der Waals surface area contributed by atoms with Crippen LogP contribution < -0.4 is 15.0 Å². The number of hydrogen-bond acceptors (Lipinski definition) is 6. The van der Waals surface area contributed by atoms with Crippen LogP contribution in [0, 0.1) is 6.92 Å². The first kappa shape index (κ1) is 32.0. The van der Waals surface area contributed by atoms with Gasteiger partial charge in [-0.15, -0.1) is 0 Å². The molecule has 0 spiro atoms. The monoisotopic (exact) mass is 592 g/mol. The van der Waals surface area contributed by atoms with E-state index in [2.05, 4.69) is 5.32 Å². The number of para-hydroxylation sites is 1. The van der Waals surface area contributed by atoms with Crippen molar-refractivity contribution in [2.24, 2.45) is 0 Å². The molecule has 0 aromatic heterocycles. The fourth-order valence-corrected chi connectivity index (χ4v) is 4.99. The van der Waals surface area contributed by atoms with E-state index in [-0.39, 0.29) is 11.7 Å². The van der Waals surface area contributed by atoms with Crippen molar-refractivity contribution in [3.63, 3.8) is 0 Å². The maximum Gasteiger partial charge on any atom is 0.328 e. The third kappa shape index (κ3) is 8.80. The molecule has 1 amide bonds. The Kier molecular flexibility index (Phi) is 11.7. The minimum atomic E-state index is -0.704. The van der Waals surface area contributed by atoms with Crippen LogP contribution >= 0.6 is 0 Å². The minimum Gasteiger partial charge on any atom is -0.494 e. The van der Waals surface area contributed by atoms with E-state index in [1.807, 2.05) is 91.5 Å². The lowest BCUT2D eigenvalue weighted by atomic mass is 10.00. The van der Waals surface area contributed by atoms with Gasteiger partial charge in [0.25, 0.3) is 0 Å². The lowest BCUT2D eigenvalue weighted by Crippen LogP contribution is -2.33. The Morgan fingerprint density at radius 2 is 1.59 bits per heavy atom. The van der Waals surface area contributed by atoms with Gasteiger partial charge in [-0.05, 0) is 67.3 Å². The Morgan fingerprint density at radius 3 is 2.30 bits per heavy atom. The Morgan fingerprint density at radius 1 is 0.864 bits per heavy atom. The molecule has 7 heteroatoms. The highest BCUT2D eigenvalue weighted by Crippen LogP contribution is 2.23. The van der Waals surface area contributed by atoms with Gasteiger partial charge in [-0.1, -0.05) is 73.7 Å². The predicted molar refractivity (Wildman–Crippen MR) is 174 cm³/mol. The summed E-state index contributed by atoms with van der Waals surface area (Å²) in [6, 6.07) is 31.1. The molecule has 0 aliphatic carbocycles. The summed E-state index contributed by atoms with van der Waals surface area (Å²) in [6.45, 7) is 5.06. The molecule has 0 heterocycles. The smallest absolute Gasteiger partial charge is 0.328 e. The molecule has 4 aromatic rings. The van der Waals surface area contributed by atoms with Crippen molar-refractivity contribution in [3.05, 3.63) is 125 Å². The highest BCUT2D eigenvalue weighted by atomic mass is 16.5. The number of methoxy groups -OCH3 is 1. The zero-order valence-electron chi connectivity index (χ0n) is 25.6. The maximum absolute atomic E-state index is 13.2. The van der Waals surface area contributed by atoms with E-state index in [1.165, 1.54) is 7.11 Å². The summed E-state index contributed by atoms with van der Waals surface area (Å²) in [7, 11) is 1.35. The number of esters is 1. The SMILES string of the molecule is CCCC(=O)N(CCCOc1ccc(CC(Nc2ccccc2C(=O)c2ccccc2)C(=O)OC)cc1)c1cccc(C)c1. The van der Waals surface area contributed by atoms with Crippen molar-refractivity contribution in [2.75, 3.05) is 30.5 Å². The lowest BCUT2D eigenvalue weighted by molar-refractivity contribution is -0.141. The zero-order chi connectivity index (χ0) is 31.3. The number of anilines is 2. The highest BCUT2D eigenvalue weighted by Gasteiger charge is 2.23. The first-order valence-electron chi connectivity index (χ1n) is 15.0. The van der Waals surface area contributed by atoms with Gasteiger partial charge in [-0.3, -0.25) is 9.59 Å². The molecule has 4 rings (SSSR count). The van der Waals surface area contributed by atoms with E-state index in [0.29, 0.717) is 55.0 Å². The molecular weight excluding hydrogens is 552 g/mol. The normalized spacial score (nSPS) is 11.3. The summed E-state index contributed by atoms with van der Waals surface area (Å²) in [5.41, 5.74) is 4.55. The molecule has 0 radical (unpaired) electrons. The summed E-state index contributed by atoms with van der Waals surface area (Å²) in [4.78, 5) is 40.6. The number of ketones is 1. The molecule has 1 atom stereocenters. The summed E-state index contributed by atoms with van der Waals surface area (Å²) in [5, 5.41) is 3.24. The standard InChI is InChI=1S/C37H40N2O5/c1-4-12-35(40)39(30-16-10-13-27(2)25-30)23-11-24-44-31-21-19-28(20-22-31)26-34(37(42)43-3)38-33-18-9-8-17-32(33)36(41)29-14-6-5-7-15-29/h5-10,13-22,25,34,38H,4,11-12,23-24,26H2,1-3H3. The van der Waals surface area contributed by atoms with Crippen molar-refractivity contribution in [1.82, 2.24) is 0 Å². The first-order valence-corrected chi connectivity index (χ1v) is 15.0. The van der Waals surface area contributed by atoms with Crippen LogP contribution in [0.1, 0.15) is 53.2 Å². The van der Waals surface area contributed by atoms with Crippen molar-refractivity contribution < 1.29 is 23.9 Å². The van der Waals surface area contributed by atoms with Crippen LogP contribution in [-0.4, -0.2) is 44.0 Å². The molecule has 1 unspecified atom stereocenters. The van der Waals surface area contributed by atoms with E-state index >= 15 is 0 Å². The van der Waals surface area contributed by atoms with Gasteiger partial charge in [0.2, 0.25) is 5.91 Å². The minimum absolute atomic E-state index is 0.114. The van der Waals surface area contributed by atoms with E-state index in [1.54, 1.807) is 30.3 Å². The molecule has 0 bridgehead atoms. The van der Waals surface area contributed by atoms with Crippen LogP contribution in [0.5, 0.6) is 5.75 Å². The molecule has 228 valence electrons. The Balaban J connectivity index is 1.36. The second-order valence-corrected chi connectivity index (χ2v) is 10.6. The quantitative estimate of drug-likeness (QED) is 0.0907. The van der Waals surface area contributed by atoms with E-state index in [0.717, 1.165) is 23.2 Å². The van der Waals surface area contributed by atoms with E-state index in [4.69, 9.17) is 9.47 Å². The molecule has 0 aliphatic rings. The number of hydrogen-bond donors (Lipinski definition) is 1. The average molecular weight is 593 g/mol. The lowest BCUT2D eigenvalue weighted by Gasteiger charge is -2.23. The van der Waals surface area contributed by atoms with Crippen molar-refractivity contribution in [1.29, 1.82) is 0 Å². The van der Waals surface area contributed by atoms with Crippen LogP contribution in [0.25, 0.3) is 0 Å². The second kappa shape index (κ2) is 16.1. The Hall–Kier alpha value is -4.91. The van der Waals surface area contributed by atoms with Gasteiger partial charge in [0, 0.05) is 41.9 Å². The summed E-state index contributed by atoms with van der Waals surface area (Å²) in [5.74, 6) is 0.263. The van der Waals surface area contributed by atoms with Crippen LogP contribution in [0.2, 0.25) is 0 Å². The molecule has 44 heavy (non-hydrogen) atoms. The number of nitrogens with zero attached hydrogens (tertiary/aromatic N) is 1. The molecule has 1 N–H and O–H groups in total. The largest absolute Gasteiger partial charge is 0.494 e. The van der Waals surface area contributed by atoms with Gasteiger partial charge in [-0.25, -0.2) is 4.79 Å². The molecule has 0 saturated heterocycles. The number of carbonyl (C=O) groups excluding carboxylic acids is 3. The summed E-state index contributed by atoms with van der Waals surface area (Å²) < 4.78 is 11.1. The Bertz CT molecular complexity index is 1540. The number of benzene rings is 4. The maximum atomic E-state index is 13.2. The van der Waals surface area contributed by atoms with Crippen molar-refractivity contribution >= 4 is 29.0 Å². The number of amides is 1. The molecule has 0 aliphatic heterocycles. The van der Waals surface area contributed by atoms with Gasteiger partial charge in [0.15, 0.2) is 5.78 Å². The van der Waals surface area contributed by atoms with Gasteiger partial charge in [-0.2, -0.15) is 0 Å². The van der Waals surface area contributed by atoms with Crippen LogP contribution in [0.4, 0.5) is 11.4 Å². The molecular formula is C37H40N2O5. The average Bonchev–Trinajstić information content (AvgIpc) is 3.05. The molecule has 7 nitrogen and oxygen atoms in total. The van der Waals surface area contributed by atoms with Gasteiger partial charge in [0.1, 0.15) is 11.8 Å². The van der Waals surface area contributed by atoms with E-state index < -0.39 is 12.0 Å². The highest BCUT2D eigenvalue weighted by molar-refractivity contribution is 6.12. The Labute approximate surface area is 259 Å². The van der Waals surface area contributed by atoms with Crippen LogP contribution in [0.15, 0.2) is 103 Å². The fraction of sp³-hybridized carbons (Fsp3) is 0.270. The third-order valence-corrected chi connectivity index (χ3v) is 7.26. The number of nitrogens with one attached hydrogen (secondary N) is 1. The summed E-state index contributed by atoms with van der Waals surface area (Å²) in [6.07, 6.45) is 2.34. The number of aryl methyl sites for hydroxylation is 1. The van der Waals surface area contributed by atoms with Crippen molar-refractivity contribution in [3.8, 4) is 5.75 Å². The molecule has 4 aromatic carbocycles. The van der Waals surface area contributed by atoms with Crippen molar-refractivity contribution in [2.45, 2.75) is 45.6 Å². The van der Waals surface area contributed by atoms with Crippen LogP contribution in [-0.2, 0) is 20.7 Å². The topological polar surface area (TPSA) is 84.9 Å².